The van der Waals surface area contributed by atoms with Gasteiger partial charge in [-0.15, -0.1) is 0 Å². The van der Waals surface area contributed by atoms with Gasteiger partial charge in [-0.2, -0.15) is 4.31 Å². The Hall–Kier alpha value is -3.44. The highest BCUT2D eigenvalue weighted by molar-refractivity contribution is 7.89. The van der Waals surface area contributed by atoms with Crippen LogP contribution in [-0.4, -0.2) is 66.0 Å². The first-order valence-corrected chi connectivity index (χ1v) is 12.1. The highest BCUT2D eigenvalue weighted by Crippen LogP contribution is 2.26. The number of hydrogen-bond donors (Lipinski definition) is 3. The molecule has 2 atom stereocenters. The molecule has 34 heavy (non-hydrogen) atoms. The molecule has 0 aromatic heterocycles. The van der Waals surface area contributed by atoms with Crippen LogP contribution in [0.2, 0.25) is 0 Å². The fraction of sp³-hybridized carbons (Fsp3) is 0.348. The van der Waals surface area contributed by atoms with E-state index in [2.05, 4.69) is 5.32 Å². The molecule has 3 rings (SSSR count). The van der Waals surface area contributed by atoms with E-state index in [4.69, 9.17) is 9.84 Å². The molecule has 0 aliphatic carbocycles. The first-order valence-electron chi connectivity index (χ1n) is 10.6. The van der Waals surface area contributed by atoms with Gasteiger partial charge in [0, 0.05) is 13.0 Å². The van der Waals surface area contributed by atoms with Gasteiger partial charge in [0.25, 0.3) is 0 Å². The monoisotopic (exact) mass is 490 g/mol. The standard InChI is InChI=1S/C23H26N2O8S/c1-15-4-10-18(11-5-15)34(31,32)25-12-2-3-20(25)22(28)24-19(23(29)30)13-16-6-8-17(9-7-16)33-14-21(26)27/h4-11,19-20H,2-3,12-14H2,1H3,(H,24,28)(H,26,27)(H,29,30)/t19-,20-/m0/s1. The van der Waals surface area contributed by atoms with Gasteiger partial charge in [0.1, 0.15) is 17.8 Å². The summed E-state index contributed by atoms with van der Waals surface area (Å²) >= 11 is 0. The lowest BCUT2D eigenvalue weighted by Crippen LogP contribution is -2.51. The van der Waals surface area contributed by atoms with Crippen LogP contribution in [0.15, 0.2) is 53.4 Å². The molecule has 3 N–H and O–H groups in total. The first kappa shape index (κ1) is 25.2. The molecule has 1 fully saturated rings. The van der Waals surface area contributed by atoms with Gasteiger partial charge in [-0.25, -0.2) is 18.0 Å². The molecule has 0 bridgehead atoms. The molecule has 0 spiro atoms. The zero-order chi connectivity index (χ0) is 24.9. The summed E-state index contributed by atoms with van der Waals surface area (Å²) in [6.07, 6.45) is 0.731. The number of aryl methyl sites for hydroxylation is 1. The van der Waals surface area contributed by atoms with E-state index in [1.807, 2.05) is 6.92 Å². The van der Waals surface area contributed by atoms with Gasteiger partial charge in [0.15, 0.2) is 6.61 Å². The average molecular weight is 491 g/mol. The van der Waals surface area contributed by atoms with Gasteiger partial charge in [0.2, 0.25) is 15.9 Å². The maximum Gasteiger partial charge on any atom is 0.341 e. The number of nitrogens with zero attached hydrogens (tertiary/aromatic N) is 1. The summed E-state index contributed by atoms with van der Waals surface area (Å²) in [6.45, 7) is 1.51. The van der Waals surface area contributed by atoms with Crippen molar-refractivity contribution < 1.29 is 37.8 Å². The van der Waals surface area contributed by atoms with Crippen molar-refractivity contribution in [3.8, 4) is 5.75 Å². The van der Waals surface area contributed by atoms with Crippen molar-refractivity contribution in [3.05, 3.63) is 59.7 Å². The highest BCUT2D eigenvalue weighted by atomic mass is 32.2. The van der Waals surface area contributed by atoms with E-state index in [0.717, 1.165) is 9.87 Å². The minimum Gasteiger partial charge on any atom is -0.482 e. The summed E-state index contributed by atoms with van der Waals surface area (Å²) in [5.74, 6) is -2.74. The second-order valence-electron chi connectivity index (χ2n) is 8.02. The van der Waals surface area contributed by atoms with Gasteiger partial charge in [-0.3, -0.25) is 4.79 Å². The number of carbonyl (C=O) groups excluding carboxylic acids is 1. The maximum atomic E-state index is 13.1. The zero-order valence-electron chi connectivity index (χ0n) is 18.5. The predicted molar refractivity (Wildman–Crippen MR) is 121 cm³/mol. The van der Waals surface area contributed by atoms with Crippen LogP contribution >= 0.6 is 0 Å². The third-order valence-electron chi connectivity index (χ3n) is 5.47. The van der Waals surface area contributed by atoms with E-state index in [9.17, 15) is 27.9 Å². The number of carboxylic acids is 2. The summed E-state index contributed by atoms with van der Waals surface area (Å²) in [5, 5.41) is 20.7. The Labute approximate surface area is 197 Å². The van der Waals surface area contributed by atoms with Crippen LogP contribution in [0, 0.1) is 6.92 Å². The number of aliphatic carboxylic acids is 2. The second kappa shape index (κ2) is 10.7. The fourth-order valence-electron chi connectivity index (χ4n) is 3.71. The van der Waals surface area contributed by atoms with Gasteiger partial charge >= 0.3 is 11.9 Å². The number of carbonyl (C=O) groups is 3. The highest BCUT2D eigenvalue weighted by Gasteiger charge is 2.40. The van der Waals surface area contributed by atoms with E-state index in [1.54, 1.807) is 24.3 Å². The molecule has 1 aliphatic rings. The molecule has 1 amide bonds. The number of rotatable bonds is 10. The first-order chi connectivity index (χ1) is 16.1. The molecule has 11 heteroatoms. The molecule has 1 saturated heterocycles. The number of sulfonamides is 1. The molecule has 0 saturated carbocycles. The fourth-order valence-corrected chi connectivity index (χ4v) is 5.36. The topological polar surface area (TPSA) is 150 Å². The molecule has 2 aromatic rings. The van der Waals surface area contributed by atoms with Gasteiger partial charge < -0.3 is 20.3 Å². The van der Waals surface area contributed by atoms with Crippen LogP contribution in [-0.2, 0) is 30.8 Å². The molecule has 182 valence electrons. The van der Waals surface area contributed by atoms with Crippen LogP contribution in [0.3, 0.4) is 0 Å². The maximum absolute atomic E-state index is 13.1. The van der Waals surface area contributed by atoms with Crippen LogP contribution in [0.25, 0.3) is 0 Å². The Morgan fingerprint density at radius 3 is 2.32 bits per heavy atom. The molecular formula is C23H26N2O8S. The largest absolute Gasteiger partial charge is 0.482 e. The van der Waals surface area contributed by atoms with Crippen molar-refractivity contribution in [2.75, 3.05) is 13.2 Å². The molecule has 0 unspecified atom stereocenters. The number of nitrogens with one attached hydrogen (secondary N) is 1. The lowest BCUT2D eigenvalue weighted by Gasteiger charge is -2.25. The van der Waals surface area contributed by atoms with Crippen molar-refractivity contribution >= 4 is 27.9 Å². The number of ether oxygens (including phenoxy) is 1. The van der Waals surface area contributed by atoms with E-state index < -0.39 is 46.6 Å². The lowest BCUT2D eigenvalue weighted by atomic mass is 10.1. The van der Waals surface area contributed by atoms with Crippen LogP contribution in [0.1, 0.15) is 24.0 Å². The Morgan fingerprint density at radius 2 is 1.74 bits per heavy atom. The van der Waals surface area contributed by atoms with E-state index in [1.165, 1.54) is 24.3 Å². The summed E-state index contributed by atoms with van der Waals surface area (Å²) in [7, 11) is -3.91. The van der Waals surface area contributed by atoms with Gasteiger partial charge in [0.05, 0.1) is 4.90 Å². The Balaban J connectivity index is 1.69. The van der Waals surface area contributed by atoms with Crippen molar-refractivity contribution in [1.29, 1.82) is 0 Å². The molecule has 10 nitrogen and oxygen atoms in total. The van der Waals surface area contributed by atoms with E-state index in [-0.39, 0.29) is 17.9 Å². The van der Waals surface area contributed by atoms with E-state index in [0.29, 0.717) is 24.2 Å². The van der Waals surface area contributed by atoms with Gasteiger partial charge in [-0.05, 0) is 49.6 Å². The Kier molecular flexibility index (Phi) is 7.90. The molecule has 1 aliphatic heterocycles. The van der Waals surface area contributed by atoms with Crippen molar-refractivity contribution in [2.24, 2.45) is 0 Å². The van der Waals surface area contributed by atoms with Crippen molar-refractivity contribution in [2.45, 2.75) is 43.2 Å². The number of hydrogen-bond acceptors (Lipinski definition) is 6. The molecule has 2 aromatic carbocycles. The second-order valence-corrected chi connectivity index (χ2v) is 9.91. The summed E-state index contributed by atoms with van der Waals surface area (Å²) < 4.78 is 32.3. The Morgan fingerprint density at radius 1 is 1.09 bits per heavy atom. The van der Waals surface area contributed by atoms with Crippen LogP contribution in [0.5, 0.6) is 5.75 Å². The number of carboxylic acid groups (broad SMARTS) is 2. The smallest absolute Gasteiger partial charge is 0.341 e. The third kappa shape index (κ3) is 6.12. The number of amides is 1. The predicted octanol–water partition coefficient (Wildman–Crippen LogP) is 1.42. The summed E-state index contributed by atoms with van der Waals surface area (Å²) in [4.78, 5) is 35.4. The SMILES string of the molecule is Cc1ccc(S(=O)(=O)N2CCC[C@H]2C(=O)N[C@@H](Cc2ccc(OCC(=O)O)cc2)C(=O)O)cc1. The van der Waals surface area contributed by atoms with Crippen LogP contribution < -0.4 is 10.1 Å². The van der Waals surface area contributed by atoms with Crippen LogP contribution in [0.4, 0.5) is 0 Å². The Bertz CT molecular complexity index is 1150. The quantitative estimate of drug-likeness (QED) is 0.453. The van der Waals surface area contributed by atoms with Crippen molar-refractivity contribution in [3.63, 3.8) is 0 Å². The zero-order valence-corrected chi connectivity index (χ0v) is 19.3. The van der Waals surface area contributed by atoms with E-state index >= 15 is 0 Å². The minimum atomic E-state index is -3.91. The number of benzene rings is 2. The molecule has 1 heterocycles. The normalized spacial score (nSPS) is 17.1. The van der Waals surface area contributed by atoms with Crippen molar-refractivity contribution in [1.82, 2.24) is 9.62 Å². The molecular weight excluding hydrogens is 464 g/mol. The minimum absolute atomic E-state index is 0.0439. The lowest BCUT2D eigenvalue weighted by molar-refractivity contribution is -0.142. The average Bonchev–Trinajstić information content (AvgIpc) is 3.29. The summed E-state index contributed by atoms with van der Waals surface area (Å²) in [5.41, 5.74) is 1.48. The summed E-state index contributed by atoms with van der Waals surface area (Å²) in [6, 6.07) is 10.2. The van der Waals surface area contributed by atoms with Gasteiger partial charge in [-0.1, -0.05) is 29.8 Å². The third-order valence-corrected chi connectivity index (χ3v) is 7.40. The molecule has 0 radical (unpaired) electrons.